The molecule has 20 heavy (non-hydrogen) atoms. The van der Waals surface area contributed by atoms with Gasteiger partial charge in [-0.2, -0.15) is 11.8 Å². The summed E-state index contributed by atoms with van der Waals surface area (Å²) in [5, 5.41) is 5.88. The van der Waals surface area contributed by atoms with Crippen molar-refractivity contribution in [1.29, 1.82) is 0 Å². The largest absolute Gasteiger partial charge is 0.370 e. The number of amides is 1. The van der Waals surface area contributed by atoms with Crippen molar-refractivity contribution in [2.45, 2.75) is 31.4 Å². The van der Waals surface area contributed by atoms with E-state index in [9.17, 15) is 9.18 Å². The molecule has 2 heterocycles. The lowest BCUT2D eigenvalue weighted by Crippen LogP contribution is -2.37. The molecule has 2 rings (SSSR count). The average molecular weight is 297 g/mol. The van der Waals surface area contributed by atoms with Gasteiger partial charge in [0, 0.05) is 17.8 Å². The SMILES string of the molecule is CCNc1ncc(F)cc1C(=O)NCC1(C)CCCS1. The standard InChI is InChI=1S/C14H20FN3OS/c1-3-16-12-11(7-10(15)8-17-12)13(19)18-9-14(2)5-4-6-20-14/h7-8H,3-6,9H2,1-2H3,(H,16,17)(H,18,19). The summed E-state index contributed by atoms with van der Waals surface area (Å²) in [5.41, 5.74) is 0.262. The molecule has 6 heteroatoms. The summed E-state index contributed by atoms with van der Waals surface area (Å²) in [7, 11) is 0. The molecule has 1 unspecified atom stereocenters. The van der Waals surface area contributed by atoms with Gasteiger partial charge in [-0.05, 0) is 38.5 Å². The van der Waals surface area contributed by atoms with Gasteiger partial charge in [-0.3, -0.25) is 4.79 Å². The molecule has 0 aromatic carbocycles. The van der Waals surface area contributed by atoms with Crippen LogP contribution in [0.3, 0.4) is 0 Å². The summed E-state index contributed by atoms with van der Waals surface area (Å²) in [4.78, 5) is 16.2. The molecular weight excluding hydrogens is 277 g/mol. The number of carbonyl (C=O) groups excluding carboxylic acids is 1. The van der Waals surface area contributed by atoms with Gasteiger partial charge < -0.3 is 10.6 Å². The number of halogens is 1. The van der Waals surface area contributed by atoms with Gasteiger partial charge in [-0.25, -0.2) is 9.37 Å². The summed E-state index contributed by atoms with van der Waals surface area (Å²) in [6.45, 7) is 5.29. The third-order valence-electron chi connectivity index (χ3n) is 3.37. The van der Waals surface area contributed by atoms with Gasteiger partial charge >= 0.3 is 0 Å². The van der Waals surface area contributed by atoms with Crippen LogP contribution in [0.25, 0.3) is 0 Å². The molecule has 2 N–H and O–H groups in total. The van der Waals surface area contributed by atoms with E-state index in [2.05, 4.69) is 22.5 Å². The predicted molar refractivity (Wildman–Crippen MR) is 80.8 cm³/mol. The lowest BCUT2D eigenvalue weighted by molar-refractivity contribution is 0.0950. The first-order chi connectivity index (χ1) is 9.54. The van der Waals surface area contributed by atoms with E-state index in [1.54, 1.807) is 0 Å². The molecule has 1 fully saturated rings. The molecular formula is C14H20FN3OS. The highest BCUT2D eigenvalue weighted by molar-refractivity contribution is 8.00. The zero-order chi connectivity index (χ0) is 14.6. The Balaban J connectivity index is 2.06. The first kappa shape index (κ1) is 15.1. The normalized spacial score (nSPS) is 21.8. The monoisotopic (exact) mass is 297 g/mol. The van der Waals surface area contributed by atoms with Crippen LogP contribution in [0, 0.1) is 5.82 Å². The molecule has 1 amide bonds. The molecule has 4 nitrogen and oxygen atoms in total. The number of thioether (sulfide) groups is 1. The minimum absolute atomic E-state index is 0.0920. The van der Waals surface area contributed by atoms with Crippen LogP contribution in [0.2, 0.25) is 0 Å². The van der Waals surface area contributed by atoms with Crippen molar-refractivity contribution in [2.24, 2.45) is 0 Å². The molecule has 1 atom stereocenters. The minimum atomic E-state index is -0.502. The number of nitrogens with zero attached hydrogens (tertiary/aromatic N) is 1. The van der Waals surface area contributed by atoms with Crippen LogP contribution in [0.1, 0.15) is 37.0 Å². The van der Waals surface area contributed by atoms with Crippen molar-refractivity contribution < 1.29 is 9.18 Å². The van der Waals surface area contributed by atoms with Crippen LogP contribution >= 0.6 is 11.8 Å². The van der Waals surface area contributed by atoms with Crippen molar-refractivity contribution in [3.63, 3.8) is 0 Å². The van der Waals surface area contributed by atoms with E-state index in [1.807, 2.05) is 18.7 Å². The number of hydrogen-bond donors (Lipinski definition) is 2. The third-order valence-corrected chi connectivity index (χ3v) is 4.90. The molecule has 0 aliphatic carbocycles. The van der Waals surface area contributed by atoms with Crippen LogP contribution in [-0.2, 0) is 0 Å². The molecule has 1 aliphatic rings. The van der Waals surface area contributed by atoms with Gasteiger partial charge in [0.15, 0.2) is 0 Å². The smallest absolute Gasteiger partial charge is 0.255 e. The predicted octanol–water partition coefficient (Wildman–Crippen LogP) is 2.67. The Morgan fingerprint density at radius 3 is 3.05 bits per heavy atom. The number of pyridine rings is 1. The third kappa shape index (κ3) is 3.62. The number of aromatic nitrogens is 1. The van der Waals surface area contributed by atoms with Crippen molar-refractivity contribution in [3.8, 4) is 0 Å². The summed E-state index contributed by atoms with van der Waals surface area (Å²) in [5.74, 6) is 0.784. The molecule has 0 radical (unpaired) electrons. The van der Waals surface area contributed by atoms with Crippen LogP contribution in [0.5, 0.6) is 0 Å². The number of anilines is 1. The Morgan fingerprint density at radius 2 is 2.40 bits per heavy atom. The van der Waals surface area contributed by atoms with Crippen LogP contribution < -0.4 is 10.6 Å². The number of nitrogens with one attached hydrogen (secondary N) is 2. The molecule has 0 saturated carbocycles. The number of hydrogen-bond acceptors (Lipinski definition) is 4. The van der Waals surface area contributed by atoms with Gasteiger partial charge in [0.25, 0.3) is 5.91 Å². The molecule has 110 valence electrons. The highest BCUT2D eigenvalue weighted by Gasteiger charge is 2.30. The first-order valence-electron chi connectivity index (χ1n) is 6.86. The maximum Gasteiger partial charge on any atom is 0.255 e. The number of carbonyl (C=O) groups is 1. The Morgan fingerprint density at radius 1 is 1.60 bits per heavy atom. The summed E-state index contributed by atoms with van der Waals surface area (Å²) >= 11 is 1.88. The topological polar surface area (TPSA) is 54.0 Å². The van der Waals surface area contributed by atoms with Crippen molar-refractivity contribution >= 4 is 23.5 Å². The fraction of sp³-hybridized carbons (Fsp3) is 0.571. The molecule has 1 aromatic rings. The second kappa shape index (κ2) is 6.43. The van der Waals surface area contributed by atoms with Crippen molar-refractivity contribution in [1.82, 2.24) is 10.3 Å². The maximum atomic E-state index is 13.3. The summed E-state index contributed by atoms with van der Waals surface area (Å²) < 4.78 is 13.4. The second-order valence-corrected chi connectivity index (χ2v) is 6.85. The van der Waals surface area contributed by atoms with Crippen molar-refractivity contribution in [2.75, 3.05) is 24.2 Å². The second-order valence-electron chi connectivity index (χ2n) is 5.16. The fourth-order valence-electron chi connectivity index (χ4n) is 2.26. The average Bonchev–Trinajstić information content (AvgIpc) is 2.86. The zero-order valence-corrected chi connectivity index (χ0v) is 12.6. The van der Waals surface area contributed by atoms with E-state index in [0.29, 0.717) is 18.9 Å². The highest BCUT2D eigenvalue weighted by Crippen LogP contribution is 2.37. The lowest BCUT2D eigenvalue weighted by Gasteiger charge is -2.23. The Bertz CT molecular complexity index is 489. The molecule has 1 saturated heterocycles. The number of rotatable bonds is 5. The van der Waals surface area contributed by atoms with Gasteiger partial charge in [0.05, 0.1) is 11.8 Å². The first-order valence-corrected chi connectivity index (χ1v) is 7.84. The van der Waals surface area contributed by atoms with E-state index in [0.717, 1.165) is 18.4 Å². The molecule has 1 aromatic heterocycles. The summed E-state index contributed by atoms with van der Waals surface area (Å²) in [6.07, 6.45) is 3.39. The Labute approximate surface area is 122 Å². The van der Waals surface area contributed by atoms with Crippen LogP contribution in [0.4, 0.5) is 10.2 Å². The van der Waals surface area contributed by atoms with Crippen molar-refractivity contribution in [3.05, 3.63) is 23.6 Å². The van der Waals surface area contributed by atoms with Gasteiger partial charge in [0.2, 0.25) is 0 Å². The zero-order valence-electron chi connectivity index (χ0n) is 11.8. The quantitative estimate of drug-likeness (QED) is 0.877. The highest BCUT2D eigenvalue weighted by atomic mass is 32.2. The van der Waals surface area contributed by atoms with Gasteiger partial charge in [0.1, 0.15) is 11.6 Å². The van der Waals surface area contributed by atoms with Crippen LogP contribution in [0.15, 0.2) is 12.3 Å². The maximum absolute atomic E-state index is 13.3. The van der Waals surface area contributed by atoms with Gasteiger partial charge in [-0.1, -0.05) is 0 Å². The molecule has 0 spiro atoms. The van der Waals surface area contributed by atoms with E-state index in [1.165, 1.54) is 12.5 Å². The van der Waals surface area contributed by atoms with E-state index in [4.69, 9.17) is 0 Å². The lowest BCUT2D eigenvalue weighted by atomic mass is 10.1. The fourth-order valence-corrected chi connectivity index (χ4v) is 3.50. The van der Waals surface area contributed by atoms with E-state index >= 15 is 0 Å². The van der Waals surface area contributed by atoms with E-state index in [-0.39, 0.29) is 16.2 Å². The minimum Gasteiger partial charge on any atom is -0.370 e. The summed E-state index contributed by atoms with van der Waals surface area (Å²) in [6, 6.07) is 1.23. The van der Waals surface area contributed by atoms with Crippen LogP contribution in [-0.4, -0.2) is 34.5 Å². The van der Waals surface area contributed by atoms with Gasteiger partial charge in [-0.15, -0.1) is 0 Å². The Hall–Kier alpha value is -1.30. The molecule has 0 bridgehead atoms. The Kier molecular flexibility index (Phi) is 4.86. The van der Waals surface area contributed by atoms with E-state index < -0.39 is 5.82 Å². The molecule has 1 aliphatic heterocycles.